The smallest absolute Gasteiger partial charge is 0.307 e. The summed E-state index contributed by atoms with van der Waals surface area (Å²) in [4.78, 5) is 25.3. The molecule has 4 nitrogen and oxygen atoms in total. The number of pyridine rings is 1. The molecule has 0 bridgehead atoms. The van der Waals surface area contributed by atoms with E-state index < -0.39 is 11.5 Å². The van der Waals surface area contributed by atoms with Crippen LogP contribution in [0.3, 0.4) is 0 Å². The summed E-state index contributed by atoms with van der Waals surface area (Å²) in [6.45, 7) is 0. The summed E-state index contributed by atoms with van der Waals surface area (Å²) in [5.41, 5.74) is 0.590. The molecule has 0 saturated carbocycles. The van der Waals surface area contributed by atoms with Crippen LogP contribution in [0.5, 0.6) is 0 Å². The minimum atomic E-state index is -1.04. The van der Waals surface area contributed by atoms with Gasteiger partial charge in [-0.3, -0.25) is 9.59 Å². The zero-order valence-corrected chi connectivity index (χ0v) is 12.2. The highest BCUT2D eigenvalue weighted by Gasteiger charge is 2.15. The lowest BCUT2D eigenvalue weighted by Gasteiger charge is -2.09. The highest BCUT2D eigenvalue weighted by Crippen LogP contribution is 2.35. The van der Waals surface area contributed by atoms with E-state index in [4.69, 9.17) is 39.9 Å². The van der Waals surface area contributed by atoms with E-state index >= 15 is 0 Å². The number of rotatable bonds is 3. The van der Waals surface area contributed by atoms with Gasteiger partial charge in [0, 0.05) is 6.20 Å². The standard InChI is InChI=1S/C13H8Cl3NO3/c14-8-3-7(4-9(15)12(8)16)11-6(5-10(18)19)1-2-17-13(11)20/h1-4H,5H2,(H,17,20)(H,18,19). The Bertz CT molecular complexity index is 717. The number of halogens is 3. The van der Waals surface area contributed by atoms with Gasteiger partial charge < -0.3 is 10.1 Å². The average Bonchev–Trinajstić information content (AvgIpc) is 2.35. The van der Waals surface area contributed by atoms with Crippen molar-refractivity contribution in [1.29, 1.82) is 0 Å². The van der Waals surface area contributed by atoms with Gasteiger partial charge in [0.15, 0.2) is 0 Å². The summed E-state index contributed by atoms with van der Waals surface area (Å²) >= 11 is 17.7. The van der Waals surface area contributed by atoms with Crippen molar-refractivity contribution in [3.8, 4) is 11.1 Å². The fourth-order valence-electron chi connectivity index (χ4n) is 1.85. The van der Waals surface area contributed by atoms with Crippen LogP contribution in [0.4, 0.5) is 0 Å². The third-order valence-electron chi connectivity index (χ3n) is 2.66. The maximum Gasteiger partial charge on any atom is 0.307 e. The number of benzene rings is 1. The van der Waals surface area contributed by atoms with Crippen LogP contribution in [-0.4, -0.2) is 16.1 Å². The number of carboxylic acids is 1. The Balaban J connectivity index is 2.69. The summed E-state index contributed by atoms with van der Waals surface area (Å²) in [5, 5.41) is 9.47. The molecule has 0 spiro atoms. The molecule has 0 radical (unpaired) electrons. The van der Waals surface area contributed by atoms with E-state index in [-0.39, 0.29) is 27.1 Å². The van der Waals surface area contributed by atoms with Gasteiger partial charge >= 0.3 is 5.97 Å². The Morgan fingerprint density at radius 1 is 1.20 bits per heavy atom. The van der Waals surface area contributed by atoms with Gasteiger partial charge in [0.1, 0.15) is 0 Å². The van der Waals surface area contributed by atoms with Gasteiger partial charge in [0.25, 0.3) is 5.56 Å². The maximum absolute atomic E-state index is 12.0. The van der Waals surface area contributed by atoms with Gasteiger partial charge in [-0.1, -0.05) is 34.8 Å². The van der Waals surface area contributed by atoms with Crippen molar-refractivity contribution in [2.45, 2.75) is 6.42 Å². The normalized spacial score (nSPS) is 10.6. The Labute approximate surface area is 128 Å². The largest absolute Gasteiger partial charge is 0.481 e. The van der Waals surface area contributed by atoms with Crippen molar-refractivity contribution in [2.24, 2.45) is 0 Å². The van der Waals surface area contributed by atoms with E-state index in [1.54, 1.807) is 0 Å². The Kier molecular flexibility index (Phi) is 4.38. The van der Waals surface area contributed by atoms with Crippen molar-refractivity contribution in [1.82, 2.24) is 4.98 Å². The summed E-state index contributed by atoms with van der Waals surface area (Å²) in [5.74, 6) is -1.04. The van der Waals surface area contributed by atoms with Crippen molar-refractivity contribution >= 4 is 40.8 Å². The summed E-state index contributed by atoms with van der Waals surface area (Å²) in [6.07, 6.45) is 1.11. The lowest BCUT2D eigenvalue weighted by atomic mass is 10.00. The summed E-state index contributed by atoms with van der Waals surface area (Å²) in [7, 11) is 0. The second-order valence-corrected chi connectivity index (χ2v) is 5.22. The zero-order valence-electron chi connectivity index (χ0n) is 9.91. The number of aromatic amines is 1. The molecule has 0 aliphatic carbocycles. The molecule has 0 unspecified atom stereocenters. The van der Waals surface area contributed by atoms with E-state index in [1.165, 1.54) is 24.4 Å². The van der Waals surface area contributed by atoms with E-state index in [0.717, 1.165) is 0 Å². The number of H-pyrrole nitrogens is 1. The number of hydrogen-bond donors (Lipinski definition) is 2. The van der Waals surface area contributed by atoms with Crippen LogP contribution in [-0.2, 0) is 11.2 Å². The molecule has 2 N–H and O–H groups in total. The van der Waals surface area contributed by atoms with Crippen LogP contribution in [0.1, 0.15) is 5.56 Å². The predicted octanol–water partition coefficient (Wildman–Crippen LogP) is 3.63. The quantitative estimate of drug-likeness (QED) is 0.843. The summed E-state index contributed by atoms with van der Waals surface area (Å²) < 4.78 is 0. The SMILES string of the molecule is O=C(O)Cc1cc[nH]c(=O)c1-c1cc(Cl)c(Cl)c(Cl)c1. The first kappa shape index (κ1) is 14.9. The van der Waals surface area contributed by atoms with Gasteiger partial charge in [0.2, 0.25) is 0 Å². The molecule has 0 aliphatic heterocycles. The molecule has 0 amide bonds. The molecule has 1 heterocycles. The maximum atomic E-state index is 12.0. The number of carboxylic acid groups (broad SMARTS) is 1. The fraction of sp³-hybridized carbons (Fsp3) is 0.0769. The number of aliphatic carboxylic acids is 1. The van der Waals surface area contributed by atoms with Crippen LogP contribution in [0.25, 0.3) is 11.1 Å². The third-order valence-corrected chi connectivity index (χ3v) is 3.86. The van der Waals surface area contributed by atoms with Gasteiger partial charge in [0.05, 0.1) is 27.1 Å². The molecule has 0 atom stereocenters. The van der Waals surface area contributed by atoms with Crippen LogP contribution in [0.2, 0.25) is 15.1 Å². The Morgan fingerprint density at radius 2 is 1.80 bits per heavy atom. The molecule has 0 saturated heterocycles. The van der Waals surface area contributed by atoms with Gasteiger partial charge in [-0.05, 0) is 29.3 Å². The van der Waals surface area contributed by atoms with Crippen LogP contribution < -0.4 is 5.56 Å². The highest BCUT2D eigenvalue weighted by atomic mass is 35.5. The van der Waals surface area contributed by atoms with Crippen molar-refractivity contribution in [3.05, 3.63) is 55.4 Å². The van der Waals surface area contributed by atoms with Crippen LogP contribution >= 0.6 is 34.8 Å². The molecule has 1 aromatic carbocycles. The average molecular weight is 333 g/mol. The topological polar surface area (TPSA) is 70.2 Å². The molecular weight excluding hydrogens is 325 g/mol. The Hall–Kier alpha value is -1.49. The number of nitrogens with one attached hydrogen (secondary N) is 1. The zero-order chi connectivity index (χ0) is 14.9. The summed E-state index contributed by atoms with van der Waals surface area (Å²) in [6, 6.07) is 4.48. The van der Waals surface area contributed by atoms with E-state index in [9.17, 15) is 9.59 Å². The Morgan fingerprint density at radius 3 is 2.35 bits per heavy atom. The van der Waals surface area contributed by atoms with E-state index in [1.807, 2.05) is 0 Å². The first-order chi connectivity index (χ1) is 9.40. The molecule has 1 aromatic heterocycles. The minimum absolute atomic E-state index is 0.184. The molecule has 0 aliphatic rings. The number of aromatic nitrogens is 1. The predicted molar refractivity (Wildman–Crippen MR) is 78.9 cm³/mol. The van der Waals surface area contributed by atoms with Crippen LogP contribution in [0, 0.1) is 0 Å². The lowest BCUT2D eigenvalue weighted by molar-refractivity contribution is -0.136. The van der Waals surface area contributed by atoms with Crippen molar-refractivity contribution in [2.75, 3.05) is 0 Å². The van der Waals surface area contributed by atoms with E-state index in [2.05, 4.69) is 4.98 Å². The van der Waals surface area contributed by atoms with Gasteiger partial charge in [-0.25, -0.2) is 0 Å². The van der Waals surface area contributed by atoms with Crippen molar-refractivity contribution < 1.29 is 9.90 Å². The third kappa shape index (κ3) is 2.98. The number of hydrogen-bond acceptors (Lipinski definition) is 2. The molecule has 2 rings (SSSR count). The molecule has 104 valence electrons. The minimum Gasteiger partial charge on any atom is -0.481 e. The second-order valence-electron chi connectivity index (χ2n) is 4.03. The number of carbonyl (C=O) groups is 1. The molecule has 7 heteroatoms. The molecular formula is C13H8Cl3NO3. The monoisotopic (exact) mass is 331 g/mol. The van der Waals surface area contributed by atoms with Gasteiger partial charge in [-0.15, -0.1) is 0 Å². The fourth-order valence-corrected chi connectivity index (χ4v) is 2.44. The molecule has 0 fully saturated rings. The molecule has 20 heavy (non-hydrogen) atoms. The van der Waals surface area contributed by atoms with E-state index in [0.29, 0.717) is 11.1 Å². The lowest BCUT2D eigenvalue weighted by Crippen LogP contribution is -2.13. The van der Waals surface area contributed by atoms with Crippen LogP contribution in [0.15, 0.2) is 29.2 Å². The first-order valence-electron chi connectivity index (χ1n) is 5.47. The molecule has 2 aromatic rings. The highest BCUT2D eigenvalue weighted by molar-refractivity contribution is 6.48. The second kappa shape index (κ2) is 5.87. The first-order valence-corrected chi connectivity index (χ1v) is 6.61. The van der Waals surface area contributed by atoms with Crippen molar-refractivity contribution in [3.63, 3.8) is 0 Å². The van der Waals surface area contributed by atoms with Gasteiger partial charge in [-0.2, -0.15) is 0 Å².